The smallest absolute Gasteiger partial charge is 0.325 e. The fourth-order valence-corrected chi connectivity index (χ4v) is 6.39. The van der Waals surface area contributed by atoms with Crippen LogP contribution in [0.3, 0.4) is 0 Å². The molecule has 4 nitrogen and oxygen atoms in total. The van der Waals surface area contributed by atoms with Crippen molar-refractivity contribution in [3.63, 3.8) is 0 Å². The highest BCUT2D eigenvalue weighted by Gasteiger charge is 2.51. The van der Waals surface area contributed by atoms with Gasteiger partial charge in [0.2, 0.25) is 5.91 Å². The number of carbonyl (C=O) groups is 2. The number of benzene rings is 1. The Morgan fingerprint density at radius 2 is 1.70 bits per heavy atom. The van der Waals surface area contributed by atoms with Crippen molar-refractivity contribution in [3.05, 3.63) is 33.8 Å². The van der Waals surface area contributed by atoms with E-state index < -0.39 is 5.97 Å². The van der Waals surface area contributed by atoms with Crippen molar-refractivity contribution in [3.8, 4) is 0 Å². The van der Waals surface area contributed by atoms with Gasteiger partial charge in [-0.2, -0.15) is 0 Å². The van der Waals surface area contributed by atoms with Crippen LogP contribution in [0.15, 0.2) is 18.2 Å². The second-order valence-corrected chi connectivity index (χ2v) is 9.61. The van der Waals surface area contributed by atoms with E-state index in [0.29, 0.717) is 22.0 Å². The van der Waals surface area contributed by atoms with Crippen LogP contribution >= 0.6 is 23.2 Å². The number of esters is 1. The third-order valence-electron chi connectivity index (χ3n) is 6.53. The lowest BCUT2D eigenvalue weighted by Gasteiger charge is -2.56. The van der Waals surface area contributed by atoms with Crippen molar-refractivity contribution in [2.24, 2.45) is 23.2 Å². The molecule has 6 heteroatoms. The summed E-state index contributed by atoms with van der Waals surface area (Å²) in [5.41, 5.74) is 0.869. The molecule has 4 aliphatic rings. The highest BCUT2D eigenvalue weighted by molar-refractivity contribution is 6.35. The van der Waals surface area contributed by atoms with Gasteiger partial charge in [0, 0.05) is 22.0 Å². The van der Waals surface area contributed by atoms with Crippen LogP contribution in [-0.4, -0.2) is 18.4 Å². The molecule has 4 bridgehead atoms. The van der Waals surface area contributed by atoms with Crippen LogP contribution in [0.5, 0.6) is 0 Å². The first kappa shape index (κ1) is 19.1. The van der Waals surface area contributed by atoms with E-state index in [-0.39, 0.29) is 24.5 Å². The summed E-state index contributed by atoms with van der Waals surface area (Å²) in [7, 11) is 0. The molecule has 0 spiro atoms. The molecule has 4 fully saturated rings. The van der Waals surface area contributed by atoms with Gasteiger partial charge in [-0.3, -0.25) is 9.59 Å². The van der Waals surface area contributed by atoms with Gasteiger partial charge in [-0.25, -0.2) is 0 Å². The zero-order chi connectivity index (χ0) is 19.0. The van der Waals surface area contributed by atoms with Gasteiger partial charge in [0.1, 0.15) is 13.2 Å². The molecule has 0 radical (unpaired) electrons. The third-order valence-corrected chi connectivity index (χ3v) is 7.12. The molecule has 4 saturated carbocycles. The number of hydrogen-bond acceptors (Lipinski definition) is 3. The number of amides is 1. The van der Waals surface area contributed by atoms with E-state index in [1.54, 1.807) is 18.2 Å². The van der Waals surface area contributed by atoms with E-state index >= 15 is 0 Å². The van der Waals surface area contributed by atoms with E-state index in [1.807, 2.05) is 0 Å². The summed E-state index contributed by atoms with van der Waals surface area (Å²) in [4.78, 5) is 24.4. The second kappa shape index (κ2) is 7.63. The van der Waals surface area contributed by atoms with Gasteiger partial charge in [-0.15, -0.1) is 0 Å². The van der Waals surface area contributed by atoms with Crippen LogP contribution in [0.25, 0.3) is 0 Å². The second-order valence-electron chi connectivity index (χ2n) is 8.77. The highest BCUT2D eigenvalue weighted by atomic mass is 35.5. The average molecular weight is 410 g/mol. The topological polar surface area (TPSA) is 55.4 Å². The summed E-state index contributed by atoms with van der Waals surface area (Å²) in [6.07, 6.45) is 8.19. The maximum absolute atomic E-state index is 12.4. The Hall–Kier alpha value is -1.26. The van der Waals surface area contributed by atoms with E-state index in [2.05, 4.69) is 5.32 Å². The Morgan fingerprint density at radius 3 is 2.30 bits per heavy atom. The van der Waals surface area contributed by atoms with Gasteiger partial charge < -0.3 is 10.1 Å². The number of carbonyl (C=O) groups excluding carboxylic acids is 2. The van der Waals surface area contributed by atoms with Crippen molar-refractivity contribution in [2.75, 3.05) is 6.54 Å². The summed E-state index contributed by atoms with van der Waals surface area (Å²) in [6.45, 7) is -0.0317. The Kier molecular flexibility index (Phi) is 5.39. The SMILES string of the molecule is O=C(CC12CC3CC(CC(C3)C1)C2)NCC(=O)OCc1ccc(Cl)cc1Cl. The molecule has 0 atom stereocenters. The average Bonchev–Trinajstić information content (AvgIpc) is 2.57. The fourth-order valence-electron chi connectivity index (χ4n) is 5.93. The molecule has 0 saturated heterocycles. The van der Waals surface area contributed by atoms with Crippen LogP contribution in [0.1, 0.15) is 50.5 Å². The molecular formula is C21H25Cl2NO3. The molecule has 1 aromatic carbocycles. The minimum atomic E-state index is -0.458. The molecule has 146 valence electrons. The van der Waals surface area contributed by atoms with Gasteiger partial charge in [0.05, 0.1) is 0 Å². The first-order chi connectivity index (χ1) is 12.9. The van der Waals surface area contributed by atoms with E-state index in [0.717, 1.165) is 17.8 Å². The van der Waals surface area contributed by atoms with Crippen molar-refractivity contribution < 1.29 is 14.3 Å². The number of nitrogens with one attached hydrogen (secondary N) is 1. The molecule has 0 unspecified atom stereocenters. The predicted molar refractivity (Wildman–Crippen MR) is 104 cm³/mol. The van der Waals surface area contributed by atoms with Gasteiger partial charge in [-0.05, 0) is 73.8 Å². The summed E-state index contributed by atoms with van der Waals surface area (Å²) in [5, 5.41) is 3.74. The van der Waals surface area contributed by atoms with Crippen molar-refractivity contribution >= 4 is 35.1 Å². The molecule has 0 aliphatic heterocycles. The number of rotatable bonds is 6. The van der Waals surface area contributed by atoms with Crippen LogP contribution in [0.2, 0.25) is 10.0 Å². The molecule has 0 heterocycles. The molecule has 27 heavy (non-hydrogen) atoms. The lowest BCUT2D eigenvalue weighted by atomic mass is 9.49. The maximum atomic E-state index is 12.4. The number of hydrogen-bond donors (Lipinski definition) is 1. The zero-order valence-electron chi connectivity index (χ0n) is 15.3. The largest absolute Gasteiger partial charge is 0.459 e. The number of halogens is 2. The lowest BCUT2D eigenvalue weighted by Crippen LogP contribution is -2.48. The van der Waals surface area contributed by atoms with Crippen LogP contribution in [0, 0.1) is 23.2 Å². The summed E-state index contributed by atoms with van der Waals surface area (Å²) in [6, 6.07) is 5.03. The van der Waals surface area contributed by atoms with Gasteiger partial charge in [0.25, 0.3) is 0 Å². The van der Waals surface area contributed by atoms with Crippen molar-refractivity contribution in [1.29, 1.82) is 0 Å². The summed E-state index contributed by atoms with van der Waals surface area (Å²) in [5.74, 6) is 1.97. The monoisotopic (exact) mass is 409 g/mol. The van der Waals surface area contributed by atoms with Gasteiger partial charge in [0.15, 0.2) is 0 Å². The molecule has 0 aromatic heterocycles. The van der Waals surface area contributed by atoms with E-state index in [1.165, 1.54) is 38.5 Å². The van der Waals surface area contributed by atoms with E-state index in [4.69, 9.17) is 27.9 Å². The Labute approximate surface area is 169 Å². The van der Waals surface area contributed by atoms with Gasteiger partial charge in [-0.1, -0.05) is 29.3 Å². The Bertz CT molecular complexity index is 714. The highest BCUT2D eigenvalue weighted by Crippen LogP contribution is 2.61. The van der Waals surface area contributed by atoms with E-state index in [9.17, 15) is 9.59 Å². The first-order valence-electron chi connectivity index (χ1n) is 9.77. The predicted octanol–water partition coefficient (Wildman–Crippen LogP) is 4.76. The van der Waals surface area contributed by atoms with Crippen LogP contribution < -0.4 is 5.32 Å². The molecule has 1 amide bonds. The quantitative estimate of drug-likeness (QED) is 0.688. The molecule has 1 aromatic rings. The van der Waals surface area contributed by atoms with Crippen LogP contribution in [-0.2, 0) is 20.9 Å². The fraction of sp³-hybridized carbons (Fsp3) is 0.619. The molecule has 5 rings (SSSR count). The standard InChI is InChI=1S/C21H25Cl2NO3/c22-17-2-1-16(18(23)6-17)12-27-20(26)11-24-19(25)10-21-7-13-3-14(8-21)5-15(4-13)9-21/h1-2,6,13-15H,3-5,7-12H2,(H,24,25). The molecule has 4 aliphatic carbocycles. The summed E-state index contributed by atoms with van der Waals surface area (Å²) < 4.78 is 5.21. The maximum Gasteiger partial charge on any atom is 0.325 e. The van der Waals surface area contributed by atoms with Crippen molar-refractivity contribution in [1.82, 2.24) is 5.32 Å². The first-order valence-corrected chi connectivity index (χ1v) is 10.5. The summed E-state index contributed by atoms with van der Waals surface area (Å²) >= 11 is 11.9. The lowest BCUT2D eigenvalue weighted by molar-refractivity contribution is -0.146. The minimum absolute atomic E-state index is 0.0292. The Morgan fingerprint density at radius 1 is 1.07 bits per heavy atom. The minimum Gasteiger partial charge on any atom is -0.459 e. The normalized spacial score (nSPS) is 31.0. The van der Waals surface area contributed by atoms with Gasteiger partial charge >= 0.3 is 5.97 Å². The number of ether oxygens (including phenoxy) is 1. The molecular weight excluding hydrogens is 385 g/mol. The Balaban J connectivity index is 1.23. The molecule has 1 N–H and O–H groups in total. The zero-order valence-corrected chi connectivity index (χ0v) is 16.8. The third kappa shape index (κ3) is 4.43. The van der Waals surface area contributed by atoms with Crippen molar-refractivity contribution in [2.45, 2.75) is 51.6 Å². The van der Waals surface area contributed by atoms with Crippen LogP contribution in [0.4, 0.5) is 0 Å².